The van der Waals surface area contributed by atoms with Crippen LogP contribution in [0.3, 0.4) is 0 Å². The van der Waals surface area contributed by atoms with E-state index in [1.165, 1.54) is 0 Å². The van der Waals surface area contributed by atoms with E-state index in [0.717, 1.165) is 25.1 Å². The molecule has 0 spiro atoms. The molecule has 0 aromatic carbocycles. The predicted molar refractivity (Wildman–Crippen MR) is 85.3 cm³/mol. The van der Waals surface area contributed by atoms with Gasteiger partial charge >= 0.3 is 0 Å². The molecule has 0 saturated carbocycles. The summed E-state index contributed by atoms with van der Waals surface area (Å²) >= 11 is 0. The number of nitrogen functional groups attached to an aromatic ring is 1. The molecule has 4 N–H and O–H groups in total. The van der Waals surface area contributed by atoms with Gasteiger partial charge in [0.1, 0.15) is 5.82 Å². The van der Waals surface area contributed by atoms with Crippen LogP contribution in [0.4, 0.5) is 11.8 Å². The third-order valence-corrected chi connectivity index (χ3v) is 3.98. The molecule has 0 bridgehead atoms. The number of aromatic nitrogens is 2. The number of aliphatic hydroxyl groups is 1. The molecule has 7 nitrogen and oxygen atoms in total. The fourth-order valence-electron chi connectivity index (χ4n) is 3.01. The largest absolute Gasteiger partial charge is 0.396 e. The number of aryl methyl sites for hydroxylation is 1. The summed E-state index contributed by atoms with van der Waals surface area (Å²) in [4.78, 5) is 22.1. The molecule has 1 aromatic heterocycles. The third kappa shape index (κ3) is 4.07. The molecule has 0 radical (unpaired) electrons. The molecule has 2 atom stereocenters. The first-order valence-electron chi connectivity index (χ1n) is 7.79. The maximum Gasteiger partial charge on any atom is 0.224 e. The fraction of sp³-hybridized carbons (Fsp3) is 0.667. The standard InChI is InChI=1S/C15H25N5O2/c1-3-4-11-8-20(14(22)5-6-21)9-12(11)18-13-7-10(2)17-15(16)19-13/h7,11-12,21H,3-6,8-9H2,1-2H3,(H3,16,17,18,19)/t11-,12-/m0/s1. The van der Waals surface area contributed by atoms with E-state index in [1.807, 2.05) is 17.9 Å². The van der Waals surface area contributed by atoms with E-state index < -0.39 is 0 Å². The zero-order valence-electron chi connectivity index (χ0n) is 13.2. The van der Waals surface area contributed by atoms with Gasteiger partial charge in [-0.05, 0) is 19.3 Å². The van der Waals surface area contributed by atoms with E-state index in [1.54, 1.807) is 0 Å². The molecule has 1 fully saturated rings. The van der Waals surface area contributed by atoms with E-state index in [0.29, 0.717) is 18.3 Å². The molecular weight excluding hydrogens is 282 g/mol. The Kier molecular flexibility index (Phi) is 5.54. The lowest BCUT2D eigenvalue weighted by Gasteiger charge is -2.19. The molecule has 1 aliphatic rings. The number of aliphatic hydroxyl groups excluding tert-OH is 1. The maximum atomic E-state index is 12.0. The lowest BCUT2D eigenvalue weighted by atomic mass is 9.98. The van der Waals surface area contributed by atoms with E-state index >= 15 is 0 Å². The number of nitrogens with one attached hydrogen (secondary N) is 1. The molecule has 2 rings (SSSR count). The first-order valence-corrected chi connectivity index (χ1v) is 7.79. The Balaban J connectivity index is 2.08. The van der Waals surface area contributed by atoms with Crippen LogP contribution >= 0.6 is 0 Å². The average Bonchev–Trinajstić information content (AvgIpc) is 2.81. The summed E-state index contributed by atoms with van der Waals surface area (Å²) in [7, 11) is 0. The second-order valence-electron chi connectivity index (χ2n) is 5.82. The number of nitrogens with two attached hydrogens (primary N) is 1. The number of hydrogen-bond acceptors (Lipinski definition) is 6. The van der Waals surface area contributed by atoms with Crippen molar-refractivity contribution in [3.05, 3.63) is 11.8 Å². The predicted octanol–water partition coefficient (Wildman–Crippen LogP) is 0.789. The second-order valence-corrected chi connectivity index (χ2v) is 5.82. The van der Waals surface area contributed by atoms with Crippen molar-refractivity contribution in [2.45, 2.75) is 39.2 Å². The van der Waals surface area contributed by atoms with Gasteiger partial charge in [-0.3, -0.25) is 4.79 Å². The number of carbonyl (C=O) groups excluding carboxylic acids is 1. The summed E-state index contributed by atoms with van der Waals surface area (Å²) in [6, 6.07) is 2.01. The van der Waals surface area contributed by atoms with E-state index in [4.69, 9.17) is 10.8 Å². The normalized spacial score (nSPS) is 21.1. The SMILES string of the molecule is CCC[C@H]1CN(C(=O)CCO)C[C@@H]1Nc1cc(C)nc(N)n1. The van der Waals surface area contributed by atoms with Crippen LogP contribution < -0.4 is 11.1 Å². The number of hydrogen-bond donors (Lipinski definition) is 3. The summed E-state index contributed by atoms with van der Waals surface area (Å²) in [6.45, 7) is 5.27. The van der Waals surface area contributed by atoms with Crippen molar-refractivity contribution >= 4 is 17.7 Å². The number of anilines is 2. The highest BCUT2D eigenvalue weighted by Gasteiger charge is 2.34. The molecule has 2 heterocycles. The molecule has 22 heavy (non-hydrogen) atoms. The fourth-order valence-corrected chi connectivity index (χ4v) is 3.01. The summed E-state index contributed by atoms with van der Waals surface area (Å²) in [5, 5.41) is 12.3. The number of likely N-dealkylation sites (tertiary alicyclic amines) is 1. The average molecular weight is 307 g/mol. The van der Waals surface area contributed by atoms with Gasteiger partial charge in [0.05, 0.1) is 6.61 Å². The zero-order chi connectivity index (χ0) is 16.1. The minimum absolute atomic E-state index is 0.00582. The smallest absolute Gasteiger partial charge is 0.224 e. The molecule has 0 unspecified atom stereocenters. The number of nitrogens with zero attached hydrogens (tertiary/aromatic N) is 3. The van der Waals surface area contributed by atoms with Crippen molar-refractivity contribution < 1.29 is 9.90 Å². The van der Waals surface area contributed by atoms with Crippen LogP contribution in [-0.2, 0) is 4.79 Å². The Morgan fingerprint density at radius 1 is 1.50 bits per heavy atom. The monoisotopic (exact) mass is 307 g/mol. The number of carbonyl (C=O) groups is 1. The Hall–Kier alpha value is -1.89. The van der Waals surface area contributed by atoms with Crippen molar-refractivity contribution in [3.63, 3.8) is 0 Å². The molecule has 1 aromatic rings. The van der Waals surface area contributed by atoms with Gasteiger partial charge in [-0.1, -0.05) is 13.3 Å². The highest BCUT2D eigenvalue weighted by atomic mass is 16.3. The highest BCUT2D eigenvalue weighted by Crippen LogP contribution is 2.25. The maximum absolute atomic E-state index is 12.0. The Labute approximate surface area is 130 Å². The van der Waals surface area contributed by atoms with Gasteiger partial charge in [0.15, 0.2) is 0 Å². The molecule has 1 aliphatic heterocycles. The van der Waals surface area contributed by atoms with Gasteiger partial charge in [0.25, 0.3) is 0 Å². The first-order chi connectivity index (χ1) is 10.5. The summed E-state index contributed by atoms with van der Waals surface area (Å²) in [6.07, 6.45) is 2.29. The van der Waals surface area contributed by atoms with Crippen LogP contribution in [0.15, 0.2) is 6.07 Å². The summed E-state index contributed by atoms with van der Waals surface area (Å²) in [5.74, 6) is 1.34. The highest BCUT2D eigenvalue weighted by molar-refractivity contribution is 5.76. The Morgan fingerprint density at radius 3 is 2.91 bits per heavy atom. The van der Waals surface area contributed by atoms with Crippen LogP contribution in [0, 0.1) is 12.8 Å². The second kappa shape index (κ2) is 7.40. The topological polar surface area (TPSA) is 104 Å². The van der Waals surface area contributed by atoms with Crippen molar-refractivity contribution in [2.24, 2.45) is 5.92 Å². The lowest BCUT2D eigenvalue weighted by molar-refractivity contribution is -0.130. The van der Waals surface area contributed by atoms with Crippen LogP contribution in [0.25, 0.3) is 0 Å². The lowest BCUT2D eigenvalue weighted by Crippen LogP contribution is -2.32. The molecule has 1 saturated heterocycles. The van der Waals surface area contributed by atoms with E-state index in [2.05, 4.69) is 22.2 Å². The van der Waals surface area contributed by atoms with Crippen molar-refractivity contribution in [1.29, 1.82) is 0 Å². The molecule has 7 heteroatoms. The van der Waals surface area contributed by atoms with Crippen LogP contribution in [0.5, 0.6) is 0 Å². The molecule has 0 aliphatic carbocycles. The quantitative estimate of drug-likeness (QED) is 0.717. The molecule has 122 valence electrons. The van der Waals surface area contributed by atoms with Crippen LogP contribution in [0.2, 0.25) is 0 Å². The van der Waals surface area contributed by atoms with Gasteiger partial charge in [0.2, 0.25) is 11.9 Å². The Morgan fingerprint density at radius 2 is 2.27 bits per heavy atom. The summed E-state index contributed by atoms with van der Waals surface area (Å²) < 4.78 is 0. The van der Waals surface area contributed by atoms with Crippen molar-refractivity contribution in [1.82, 2.24) is 14.9 Å². The first kappa shape index (κ1) is 16.5. The molecular formula is C15H25N5O2. The van der Waals surface area contributed by atoms with Gasteiger partial charge in [-0.25, -0.2) is 4.98 Å². The van der Waals surface area contributed by atoms with Gasteiger partial charge < -0.3 is 21.1 Å². The van der Waals surface area contributed by atoms with Crippen LogP contribution in [-0.4, -0.2) is 51.6 Å². The van der Waals surface area contributed by atoms with E-state index in [-0.39, 0.29) is 30.9 Å². The van der Waals surface area contributed by atoms with E-state index in [9.17, 15) is 4.79 Å². The number of amides is 1. The van der Waals surface area contributed by atoms with Gasteiger partial charge in [-0.15, -0.1) is 0 Å². The zero-order valence-corrected chi connectivity index (χ0v) is 13.2. The van der Waals surface area contributed by atoms with Gasteiger partial charge in [0, 0.05) is 37.3 Å². The Bertz CT molecular complexity index is 502. The molecule has 1 amide bonds. The van der Waals surface area contributed by atoms with Crippen LogP contribution in [0.1, 0.15) is 31.9 Å². The third-order valence-electron chi connectivity index (χ3n) is 3.98. The van der Waals surface area contributed by atoms with Gasteiger partial charge in [-0.2, -0.15) is 4.98 Å². The summed E-state index contributed by atoms with van der Waals surface area (Å²) in [5.41, 5.74) is 6.50. The van der Waals surface area contributed by atoms with Crippen molar-refractivity contribution in [2.75, 3.05) is 30.7 Å². The minimum atomic E-state index is -0.104. The van der Waals surface area contributed by atoms with Crippen molar-refractivity contribution in [3.8, 4) is 0 Å². The minimum Gasteiger partial charge on any atom is -0.396 e. The number of rotatable bonds is 6.